The molecule has 1 amide bonds. The summed E-state index contributed by atoms with van der Waals surface area (Å²) < 4.78 is 1.02. The fraction of sp³-hybridized carbons (Fsp3) is 0.200. The van der Waals surface area contributed by atoms with Gasteiger partial charge in [0.2, 0.25) is 0 Å². The van der Waals surface area contributed by atoms with Crippen LogP contribution in [0.4, 0.5) is 5.69 Å². The lowest BCUT2D eigenvalue weighted by molar-refractivity contribution is 0.0951. The van der Waals surface area contributed by atoms with Crippen molar-refractivity contribution in [2.75, 3.05) is 11.9 Å². The molecule has 0 atom stereocenters. The first-order valence-electron chi connectivity index (χ1n) is 6.41. The first-order chi connectivity index (χ1) is 9.70. The molecule has 0 saturated carbocycles. The van der Waals surface area contributed by atoms with Crippen molar-refractivity contribution in [3.05, 3.63) is 58.3 Å². The summed E-state index contributed by atoms with van der Waals surface area (Å²) in [5, 5.41) is 6.04. The third-order valence-corrected chi connectivity index (χ3v) is 3.33. The molecule has 0 unspecified atom stereocenters. The fourth-order valence-corrected chi connectivity index (χ4v) is 2.07. The molecule has 104 valence electrons. The van der Waals surface area contributed by atoms with Gasteiger partial charge in [-0.05, 0) is 30.7 Å². The summed E-state index contributed by atoms with van der Waals surface area (Å²) in [7, 11) is 0. The number of hydrogen-bond donors (Lipinski definition) is 2. The van der Waals surface area contributed by atoms with Crippen LogP contribution in [0.15, 0.2) is 47.2 Å². The van der Waals surface area contributed by atoms with Gasteiger partial charge in [0.05, 0.1) is 17.4 Å². The topological polar surface area (TPSA) is 54.0 Å². The zero-order valence-electron chi connectivity index (χ0n) is 11.2. The van der Waals surface area contributed by atoms with Gasteiger partial charge in [0.25, 0.3) is 5.91 Å². The molecule has 0 aliphatic heterocycles. The summed E-state index contributed by atoms with van der Waals surface area (Å²) in [6, 6.07) is 9.58. The molecular weight excluding hydrogens is 318 g/mol. The Kier molecular flexibility index (Phi) is 5.12. The summed E-state index contributed by atoms with van der Waals surface area (Å²) in [5.41, 5.74) is 2.42. The molecule has 2 rings (SSSR count). The van der Waals surface area contributed by atoms with Crippen molar-refractivity contribution in [2.45, 2.75) is 13.5 Å². The lowest BCUT2D eigenvalue weighted by Crippen LogP contribution is -2.24. The van der Waals surface area contributed by atoms with Crippen LogP contribution >= 0.6 is 15.9 Å². The minimum atomic E-state index is -0.105. The van der Waals surface area contributed by atoms with Crippen LogP contribution in [0.25, 0.3) is 0 Å². The Morgan fingerprint density at radius 1 is 1.25 bits per heavy atom. The van der Waals surface area contributed by atoms with Crippen molar-refractivity contribution in [1.82, 2.24) is 10.3 Å². The molecule has 20 heavy (non-hydrogen) atoms. The third kappa shape index (κ3) is 3.81. The van der Waals surface area contributed by atoms with Gasteiger partial charge in [-0.2, -0.15) is 0 Å². The van der Waals surface area contributed by atoms with Gasteiger partial charge in [-0.3, -0.25) is 9.78 Å². The highest BCUT2D eigenvalue weighted by atomic mass is 79.9. The Morgan fingerprint density at radius 2 is 2.00 bits per heavy atom. The van der Waals surface area contributed by atoms with E-state index in [9.17, 15) is 4.79 Å². The van der Waals surface area contributed by atoms with Gasteiger partial charge < -0.3 is 10.6 Å². The van der Waals surface area contributed by atoms with Crippen LogP contribution in [0.1, 0.15) is 22.8 Å². The molecular formula is C15H16BrN3O. The molecule has 1 aromatic heterocycles. The lowest BCUT2D eigenvalue weighted by atomic mass is 10.2. The van der Waals surface area contributed by atoms with Gasteiger partial charge in [0, 0.05) is 23.8 Å². The van der Waals surface area contributed by atoms with Gasteiger partial charge >= 0.3 is 0 Å². The van der Waals surface area contributed by atoms with Crippen molar-refractivity contribution in [2.24, 2.45) is 0 Å². The maximum absolute atomic E-state index is 12.2. The van der Waals surface area contributed by atoms with Gasteiger partial charge in [0.1, 0.15) is 0 Å². The molecule has 1 heterocycles. The average Bonchev–Trinajstić information content (AvgIpc) is 2.47. The van der Waals surface area contributed by atoms with E-state index in [0.29, 0.717) is 12.1 Å². The van der Waals surface area contributed by atoms with Crippen molar-refractivity contribution in [1.29, 1.82) is 0 Å². The second kappa shape index (κ2) is 7.05. The number of anilines is 1. The average molecular weight is 334 g/mol. The van der Waals surface area contributed by atoms with Gasteiger partial charge in [-0.25, -0.2) is 0 Å². The van der Waals surface area contributed by atoms with Gasteiger partial charge in [-0.15, -0.1) is 0 Å². The highest BCUT2D eigenvalue weighted by Crippen LogP contribution is 2.14. The zero-order chi connectivity index (χ0) is 14.4. The number of hydrogen-bond acceptors (Lipinski definition) is 3. The minimum Gasteiger partial charge on any atom is -0.383 e. The molecule has 0 spiro atoms. The summed E-state index contributed by atoms with van der Waals surface area (Å²) in [6.45, 7) is 3.23. The molecule has 0 saturated heterocycles. The lowest BCUT2D eigenvalue weighted by Gasteiger charge is -2.10. The third-order valence-electron chi connectivity index (χ3n) is 2.80. The molecule has 5 heteroatoms. The number of carbonyl (C=O) groups excluding carboxylic acids is 1. The predicted molar refractivity (Wildman–Crippen MR) is 83.7 cm³/mol. The number of carbonyl (C=O) groups is 1. The number of rotatable bonds is 5. The maximum Gasteiger partial charge on any atom is 0.253 e. The largest absolute Gasteiger partial charge is 0.383 e. The number of nitrogens with one attached hydrogen (secondary N) is 2. The van der Waals surface area contributed by atoms with Gasteiger partial charge in [-0.1, -0.05) is 28.1 Å². The van der Waals surface area contributed by atoms with Gasteiger partial charge in [0.15, 0.2) is 0 Å². The highest BCUT2D eigenvalue weighted by Gasteiger charge is 2.10. The van der Waals surface area contributed by atoms with E-state index in [0.717, 1.165) is 22.3 Å². The Labute approximate surface area is 126 Å². The first-order valence-corrected chi connectivity index (χ1v) is 7.20. The van der Waals surface area contributed by atoms with E-state index in [1.54, 1.807) is 18.5 Å². The van der Waals surface area contributed by atoms with E-state index < -0.39 is 0 Å². The fourth-order valence-electron chi connectivity index (χ4n) is 1.80. The van der Waals surface area contributed by atoms with Crippen molar-refractivity contribution in [3.63, 3.8) is 0 Å². The van der Waals surface area contributed by atoms with Crippen LogP contribution in [0, 0.1) is 0 Å². The Balaban J connectivity index is 2.03. The number of benzene rings is 1. The van der Waals surface area contributed by atoms with E-state index >= 15 is 0 Å². The second-order valence-corrected chi connectivity index (χ2v) is 5.18. The van der Waals surface area contributed by atoms with Crippen LogP contribution in [0.2, 0.25) is 0 Å². The highest BCUT2D eigenvalue weighted by molar-refractivity contribution is 9.10. The molecule has 2 aromatic rings. The normalized spacial score (nSPS) is 10.1. The molecule has 0 aliphatic carbocycles. The van der Waals surface area contributed by atoms with E-state index in [2.05, 4.69) is 31.5 Å². The standard InChI is InChI=1S/C15H16BrN3O/c1-2-18-14-10-17-8-7-13(14)15(20)19-9-11-3-5-12(16)6-4-11/h3-8,10,18H,2,9H2,1H3,(H,19,20). The summed E-state index contributed by atoms with van der Waals surface area (Å²) >= 11 is 3.39. The van der Waals surface area contributed by atoms with E-state index in [4.69, 9.17) is 0 Å². The molecule has 4 nitrogen and oxygen atoms in total. The summed E-state index contributed by atoms with van der Waals surface area (Å²) in [5.74, 6) is -0.105. The molecule has 0 radical (unpaired) electrons. The maximum atomic E-state index is 12.2. The smallest absolute Gasteiger partial charge is 0.253 e. The van der Waals surface area contributed by atoms with E-state index in [1.807, 2.05) is 31.2 Å². The van der Waals surface area contributed by atoms with E-state index in [1.165, 1.54) is 0 Å². The predicted octanol–water partition coefficient (Wildman–Crippen LogP) is 3.21. The number of pyridine rings is 1. The van der Waals surface area contributed by atoms with Crippen LogP contribution in [-0.2, 0) is 6.54 Å². The Morgan fingerprint density at radius 3 is 2.70 bits per heavy atom. The quantitative estimate of drug-likeness (QED) is 0.883. The number of halogens is 1. The SMILES string of the molecule is CCNc1cnccc1C(=O)NCc1ccc(Br)cc1. The minimum absolute atomic E-state index is 0.105. The number of aromatic nitrogens is 1. The number of nitrogens with zero attached hydrogens (tertiary/aromatic N) is 1. The summed E-state index contributed by atoms with van der Waals surface area (Å²) in [6.07, 6.45) is 3.29. The molecule has 0 bridgehead atoms. The monoisotopic (exact) mass is 333 g/mol. The van der Waals surface area contributed by atoms with Crippen LogP contribution in [0.5, 0.6) is 0 Å². The van der Waals surface area contributed by atoms with Crippen LogP contribution < -0.4 is 10.6 Å². The van der Waals surface area contributed by atoms with Crippen LogP contribution in [-0.4, -0.2) is 17.4 Å². The van der Waals surface area contributed by atoms with Crippen molar-refractivity contribution >= 4 is 27.5 Å². The van der Waals surface area contributed by atoms with Crippen molar-refractivity contribution < 1.29 is 4.79 Å². The van der Waals surface area contributed by atoms with Crippen molar-refractivity contribution in [3.8, 4) is 0 Å². The number of amides is 1. The summed E-state index contributed by atoms with van der Waals surface area (Å²) in [4.78, 5) is 16.2. The molecule has 2 N–H and O–H groups in total. The Bertz CT molecular complexity index is 584. The second-order valence-electron chi connectivity index (χ2n) is 4.26. The molecule has 0 fully saturated rings. The van der Waals surface area contributed by atoms with Crippen LogP contribution in [0.3, 0.4) is 0 Å². The molecule has 0 aliphatic rings. The Hall–Kier alpha value is -1.88. The van der Waals surface area contributed by atoms with E-state index in [-0.39, 0.29) is 5.91 Å². The first kappa shape index (κ1) is 14.5. The zero-order valence-corrected chi connectivity index (χ0v) is 12.8. The molecule has 1 aromatic carbocycles.